The largest absolute Gasteiger partial charge is 0.366 e. The van der Waals surface area contributed by atoms with Crippen LogP contribution in [-0.4, -0.2) is 16.6 Å². The maximum absolute atomic E-state index is 11.9. The number of carbonyl (C=O) groups excluding carboxylic acids is 2. The highest BCUT2D eigenvalue weighted by molar-refractivity contribution is 9.10. The highest BCUT2D eigenvalue weighted by Gasteiger charge is 2.18. The Labute approximate surface area is 115 Å². The van der Waals surface area contributed by atoms with Gasteiger partial charge in [0.25, 0.3) is 5.91 Å². The number of primary amides is 1. The van der Waals surface area contributed by atoms with Crippen molar-refractivity contribution in [2.24, 2.45) is 11.7 Å². The molecule has 2 amide bonds. The van der Waals surface area contributed by atoms with E-state index in [-0.39, 0.29) is 10.7 Å². The SMILES string of the molecule is CC(C)CC(Br)C(=O)Nc1ccccc1C(N)=O. The summed E-state index contributed by atoms with van der Waals surface area (Å²) in [6.07, 6.45) is 0.727. The smallest absolute Gasteiger partial charge is 0.250 e. The molecule has 4 nitrogen and oxygen atoms in total. The normalized spacial score (nSPS) is 12.2. The van der Waals surface area contributed by atoms with E-state index in [0.29, 0.717) is 17.2 Å². The molecule has 0 aliphatic rings. The first kappa shape index (κ1) is 14.7. The maximum Gasteiger partial charge on any atom is 0.250 e. The van der Waals surface area contributed by atoms with E-state index in [0.717, 1.165) is 6.42 Å². The van der Waals surface area contributed by atoms with Crippen LogP contribution < -0.4 is 11.1 Å². The van der Waals surface area contributed by atoms with Gasteiger partial charge in [0, 0.05) is 0 Å². The third kappa shape index (κ3) is 4.14. The van der Waals surface area contributed by atoms with Gasteiger partial charge in [-0.25, -0.2) is 0 Å². The Balaban J connectivity index is 2.79. The molecule has 0 aromatic heterocycles. The van der Waals surface area contributed by atoms with Gasteiger partial charge in [-0.05, 0) is 24.5 Å². The molecule has 0 radical (unpaired) electrons. The quantitative estimate of drug-likeness (QED) is 0.820. The molecule has 5 heteroatoms. The molecule has 0 bridgehead atoms. The van der Waals surface area contributed by atoms with Crippen molar-refractivity contribution in [2.45, 2.75) is 25.1 Å². The fourth-order valence-electron chi connectivity index (χ4n) is 1.54. The number of anilines is 1. The lowest BCUT2D eigenvalue weighted by Crippen LogP contribution is -2.26. The molecule has 0 heterocycles. The van der Waals surface area contributed by atoms with Gasteiger partial charge >= 0.3 is 0 Å². The van der Waals surface area contributed by atoms with Gasteiger partial charge in [-0.3, -0.25) is 9.59 Å². The van der Waals surface area contributed by atoms with Crippen LogP contribution in [0.1, 0.15) is 30.6 Å². The number of rotatable bonds is 5. The topological polar surface area (TPSA) is 72.2 Å². The lowest BCUT2D eigenvalue weighted by Gasteiger charge is -2.14. The molecular weight excluding hydrogens is 296 g/mol. The minimum atomic E-state index is -0.555. The van der Waals surface area contributed by atoms with Crippen molar-refractivity contribution in [2.75, 3.05) is 5.32 Å². The lowest BCUT2D eigenvalue weighted by molar-refractivity contribution is -0.115. The van der Waals surface area contributed by atoms with Crippen LogP contribution in [0.15, 0.2) is 24.3 Å². The van der Waals surface area contributed by atoms with Gasteiger partial charge in [0.2, 0.25) is 5.91 Å². The van der Waals surface area contributed by atoms with Crippen LogP contribution in [0.5, 0.6) is 0 Å². The van der Waals surface area contributed by atoms with E-state index >= 15 is 0 Å². The first-order chi connectivity index (χ1) is 8.41. The van der Waals surface area contributed by atoms with Gasteiger partial charge in [0.15, 0.2) is 0 Å². The summed E-state index contributed by atoms with van der Waals surface area (Å²) in [4.78, 5) is 22.8. The number of hydrogen-bond donors (Lipinski definition) is 2. The van der Waals surface area contributed by atoms with Gasteiger partial charge < -0.3 is 11.1 Å². The van der Waals surface area contributed by atoms with Gasteiger partial charge in [0.05, 0.1) is 16.1 Å². The zero-order valence-corrected chi connectivity index (χ0v) is 12.0. The number of benzene rings is 1. The molecule has 0 aliphatic carbocycles. The van der Waals surface area contributed by atoms with Crippen LogP contribution >= 0.6 is 15.9 Å². The monoisotopic (exact) mass is 312 g/mol. The summed E-state index contributed by atoms with van der Waals surface area (Å²) in [6.45, 7) is 4.08. The number of carbonyl (C=O) groups is 2. The van der Waals surface area contributed by atoms with E-state index in [9.17, 15) is 9.59 Å². The third-order valence-corrected chi connectivity index (χ3v) is 3.20. The molecule has 0 saturated carbocycles. The maximum atomic E-state index is 11.9. The van der Waals surface area contributed by atoms with Crippen LogP contribution in [0.2, 0.25) is 0 Å². The fraction of sp³-hybridized carbons (Fsp3) is 0.385. The first-order valence-electron chi connectivity index (χ1n) is 5.75. The van der Waals surface area contributed by atoms with Crippen LogP contribution in [0.4, 0.5) is 5.69 Å². The van der Waals surface area contributed by atoms with E-state index in [1.807, 2.05) is 13.8 Å². The number of amides is 2. The van der Waals surface area contributed by atoms with Gasteiger partial charge in [-0.15, -0.1) is 0 Å². The Bertz CT molecular complexity index is 446. The molecular formula is C13H17BrN2O2. The predicted octanol–water partition coefficient (Wildman–Crippen LogP) is 2.53. The molecule has 1 aromatic carbocycles. The average molecular weight is 313 g/mol. The Morgan fingerprint density at radius 2 is 1.94 bits per heavy atom. The Morgan fingerprint density at radius 3 is 2.50 bits per heavy atom. The van der Waals surface area contributed by atoms with Crippen molar-refractivity contribution >= 4 is 33.4 Å². The zero-order valence-electron chi connectivity index (χ0n) is 10.4. The van der Waals surface area contributed by atoms with E-state index in [2.05, 4.69) is 21.2 Å². The molecule has 0 aliphatic heterocycles. The second kappa shape index (κ2) is 6.54. The average Bonchev–Trinajstić information content (AvgIpc) is 2.28. The van der Waals surface area contributed by atoms with Crippen LogP contribution in [0.25, 0.3) is 0 Å². The highest BCUT2D eigenvalue weighted by atomic mass is 79.9. The summed E-state index contributed by atoms with van der Waals surface area (Å²) in [5, 5.41) is 2.71. The molecule has 3 N–H and O–H groups in total. The number of nitrogens with one attached hydrogen (secondary N) is 1. The van der Waals surface area contributed by atoms with Crippen LogP contribution in [0, 0.1) is 5.92 Å². The van der Waals surface area contributed by atoms with Crippen molar-refractivity contribution in [3.05, 3.63) is 29.8 Å². The summed E-state index contributed by atoms with van der Waals surface area (Å²) in [7, 11) is 0. The molecule has 0 spiro atoms. The minimum absolute atomic E-state index is 0.169. The summed E-state index contributed by atoms with van der Waals surface area (Å²) >= 11 is 3.33. The number of halogens is 1. The number of alkyl halides is 1. The Kier molecular flexibility index (Phi) is 5.34. The molecule has 0 fully saturated rings. The van der Waals surface area contributed by atoms with Crippen molar-refractivity contribution in [1.29, 1.82) is 0 Å². The lowest BCUT2D eigenvalue weighted by atomic mass is 10.1. The van der Waals surface area contributed by atoms with Crippen LogP contribution in [0.3, 0.4) is 0 Å². The predicted molar refractivity (Wildman–Crippen MR) is 75.8 cm³/mol. The van der Waals surface area contributed by atoms with Crippen molar-refractivity contribution in [3.8, 4) is 0 Å². The Morgan fingerprint density at radius 1 is 1.33 bits per heavy atom. The molecule has 98 valence electrons. The van der Waals surface area contributed by atoms with Gasteiger partial charge in [-0.2, -0.15) is 0 Å². The minimum Gasteiger partial charge on any atom is -0.366 e. The van der Waals surface area contributed by atoms with Crippen molar-refractivity contribution in [3.63, 3.8) is 0 Å². The van der Waals surface area contributed by atoms with Crippen molar-refractivity contribution in [1.82, 2.24) is 0 Å². The number of hydrogen-bond acceptors (Lipinski definition) is 2. The Hall–Kier alpha value is -1.36. The number of nitrogens with two attached hydrogens (primary N) is 1. The second-order valence-corrected chi connectivity index (χ2v) is 5.60. The van der Waals surface area contributed by atoms with Gasteiger partial charge in [-0.1, -0.05) is 41.9 Å². The van der Waals surface area contributed by atoms with Crippen molar-refractivity contribution < 1.29 is 9.59 Å². The molecule has 1 rings (SSSR count). The van der Waals surface area contributed by atoms with E-state index in [1.54, 1.807) is 24.3 Å². The molecule has 1 unspecified atom stereocenters. The molecule has 18 heavy (non-hydrogen) atoms. The third-order valence-electron chi connectivity index (χ3n) is 2.41. The van der Waals surface area contributed by atoms with Gasteiger partial charge in [0.1, 0.15) is 0 Å². The molecule has 0 saturated heterocycles. The standard InChI is InChI=1S/C13H17BrN2O2/c1-8(2)7-10(14)13(18)16-11-6-4-3-5-9(11)12(15)17/h3-6,8,10H,7H2,1-2H3,(H2,15,17)(H,16,18). The molecule has 1 aromatic rings. The van der Waals surface area contributed by atoms with E-state index in [1.165, 1.54) is 0 Å². The summed E-state index contributed by atoms with van der Waals surface area (Å²) in [5.41, 5.74) is 6.01. The second-order valence-electron chi connectivity index (χ2n) is 4.50. The zero-order chi connectivity index (χ0) is 13.7. The number of para-hydroxylation sites is 1. The fourth-order valence-corrected chi connectivity index (χ4v) is 2.40. The van der Waals surface area contributed by atoms with E-state index in [4.69, 9.17) is 5.73 Å². The molecule has 1 atom stereocenters. The highest BCUT2D eigenvalue weighted by Crippen LogP contribution is 2.18. The van der Waals surface area contributed by atoms with E-state index < -0.39 is 5.91 Å². The summed E-state index contributed by atoms with van der Waals surface area (Å²) < 4.78 is 0. The first-order valence-corrected chi connectivity index (χ1v) is 6.67. The van der Waals surface area contributed by atoms with Crippen LogP contribution in [-0.2, 0) is 4.79 Å². The summed E-state index contributed by atoms with van der Waals surface area (Å²) in [6, 6.07) is 6.69. The summed E-state index contributed by atoms with van der Waals surface area (Å²) in [5.74, 6) is -0.315.